The first-order chi connectivity index (χ1) is 16.6. The number of rotatable bonds is 5. The molecule has 8 heteroatoms. The molecule has 1 amide bonds. The fraction of sp³-hybridized carbons (Fsp3) is 0.231. The first-order valence-corrected chi connectivity index (χ1v) is 12.1. The highest BCUT2D eigenvalue weighted by molar-refractivity contribution is 7.78. The number of fused-ring (bicyclic) bond motifs is 3. The summed E-state index contributed by atoms with van der Waals surface area (Å²) >= 11 is -2.14. The summed E-state index contributed by atoms with van der Waals surface area (Å²) in [5.41, 5.74) is 5.15. The third-order valence-electron chi connectivity index (χ3n) is 6.03. The number of hydrogen-bond donors (Lipinski definition) is 0. The van der Waals surface area contributed by atoms with E-state index in [1.807, 2.05) is 78.9 Å². The van der Waals surface area contributed by atoms with E-state index < -0.39 is 29.4 Å². The van der Waals surface area contributed by atoms with Crippen molar-refractivity contribution in [2.75, 3.05) is 13.2 Å². The van der Waals surface area contributed by atoms with Gasteiger partial charge < -0.3 is 9.47 Å². The molecule has 0 radical (unpaired) electrons. The molecule has 5 rings (SSSR count). The highest BCUT2D eigenvalue weighted by Gasteiger charge is 2.41. The maximum atomic E-state index is 13.0. The van der Waals surface area contributed by atoms with Crippen molar-refractivity contribution in [3.05, 3.63) is 95.6 Å². The number of carbonyl (C=O) groups is 2. The van der Waals surface area contributed by atoms with Crippen molar-refractivity contribution < 1.29 is 27.5 Å². The standard InChI is InChI=1S/C26H23NO6S/c28-25(31-16-18-8-2-1-3-9-18)24-14-15-33-34(30)27(24)26(29)32-17-23-21-12-6-4-10-19(21)20-11-5-7-13-22(20)23/h1-13,23-24H,14-17H2/t24-,34+/m0/s1. The molecule has 0 unspecified atom stereocenters. The minimum atomic E-state index is -2.14. The van der Waals surface area contributed by atoms with E-state index >= 15 is 0 Å². The van der Waals surface area contributed by atoms with Crippen LogP contribution in [0, 0.1) is 0 Å². The van der Waals surface area contributed by atoms with Gasteiger partial charge in [0.1, 0.15) is 13.2 Å². The Morgan fingerprint density at radius 1 is 0.882 bits per heavy atom. The molecular formula is C26H23NO6S. The van der Waals surface area contributed by atoms with Crippen molar-refractivity contribution in [2.45, 2.75) is 25.0 Å². The molecule has 1 saturated heterocycles. The Hall–Kier alpha value is -3.49. The molecule has 0 saturated carbocycles. The van der Waals surface area contributed by atoms with Crippen LogP contribution in [0.1, 0.15) is 29.0 Å². The number of carbonyl (C=O) groups excluding carboxylic acids is 2. The van der Waals surface area contributed by atoms with Crippen LogP contribution in [0.15, 0.2) is 78.9 Å². The second-order valence-electron chi connectivity index (χ2n) is 8.07. The Labute approximate surface area is 200 Å². The van der Waals surface area contributed by atoms with Crippen LogP contribution in [0.5, 0.6) is 0 Å². The third-order valence-corrected chi connectivity index (χ3v) is 7.12. The molecule has 1 fully saturated rings. The molecule has 0 N–H and O–H groups in total. The van der Waals surface area contributed by atoms with Gasteiger partial charge in [0.2, 0.25) is 0 Å². The number of amides is 1. The number of ether oxygens (including phenoxy) is 2. The lowest BCUT2D eigenvalue weighted by molar-refractivity contribution is -0.150. The van der Waals surface area contributed by atoms with E-state index in [0.717, 1.165) is 32.1 Å². The molecule has 1 aliphatic carbocycles. The van der Waals surface area contributed by atoms with Crippen molar-refractivity contribution in [3.63, 3.8) is 0 Å². The average Bonchev–Trinajstić information content (AvgIpc) is 3.20. The first-order valence-electron chi connectivity index (χ1n) is 11.0. The quantitative estimate of drug-likeness (QED) is 0.508. The van der Waals surface area contributed by atoms with E-state index in [9.17, 15) is 13.8 Å². The van der Waals surface area contributed by atoms with Gasteiger partial charge in [0.25, 0.3) is 11.3 Å². The zero-order valence-corrected chi connectivity index (χ0v) is 19.1. The van der Waals surface area contributed by atoms with E-state index in [1.54, 1.807) is 0 Å². The van der Waals surface area contributed by atoms with Gasteiger partial charge in [-0.05, 0) is 27.8 Å². The van der Waals surface area contributed by atoms with Crippen molar-refractivity contribution in [3.8, 4) is 11.1 Å². The lowest BCUT2D eigenvalue weighted by atomic mass is 9.98. The van der Waals surface area contributed by atoms with Gasteiger partial charge in [0.05, 0.1) is 6.61 Å². The summed E-state index contributed by atoms with van der Waals surface area (Å²) in [6.07, 6.45) is -0.703. The molecule has 1 heterocycles. The topological polar surface area (TPSA) is 82.1 Å². The van der Waals surface area contributed by atoms with Crippen LogP contribution < -0.4 is 0 Å². The lowest BCUT2D eigenvalue weighted by Crippen LogP contribution is -2.51. The summed E-state index contributed by atoms with van der Waals surface area (Å²) in [7, 11) is 0. The van der Waals surface area contributed by atoms with E-state index in [4.69, 9.17) is 13.7 Å². The third kappa shape index (κ3) is 4.34. The number of hydrogen-bond acceptors (Lipinski definition) is 6. The second-order valence-corrected chi connectivity index (χ2v) is 9.13. The average molecular weight is 478 g/mol. The van der Waals surface area contributed by atoms with E-state index in [0.29, 0.717) is 0 Å². The van der Waals surface area contributed by atoms with Crippen LogP contribution in [0.4, 0.5) is 4.79 Å². The SMILES string of the molecule is O=C(OCc1ccccc1)[C@@H]1CCO[S@@](=O)N1C(=O)OCC1c2ccccc2-c2ccccc21. The maximum Gasteiger partial charge on any atom is 0.424 e. The summed E-state index contributed by atoms with van der Waals surface area (Å²) in [5, 5.41) is 0. The fourth-order valence-electron chi connectivity index (χ4n) is 4.39. The predicted octanol–water partition coefficient (Wildman–Crippen LogP) is 4.35. The Bertz CT molecular complexity index is 1190. The first kappa shape index (κ1) is 22.3. The van der Waals surface area contributed by atoms with Gasteiger partial charge in [0.15, 0.2) is 6.04 Å². The summed E-state index contributed by atoms with van der Waals surface area (Å²) in [6.45, 7) is 0.180. The zero-order valence-electron chi connectivity index (χ0n) is 18.3. The summed E-state index contributed by atoms with van der Waals surface area (Å²) < 4.78 is 29.5. The molecule has 2 aliphatic rings. The minimum absolute atomic E-state index is 0.0480. The van der Waals surface area contributed by atoms with Crippen molar-refractivity contribution >= 4 is 23.3 Å². The zero-order chi connectivity index (χ0) is 23.5. The predicted molar refractivity (Wildman–Crippen MR) is 126 cm³/mol. The number of nitrogens with zero attached hydrogens (tertiary/aromatic N) is 1. The highest BCUT2D eigenvalue weighted by atomic mass is 32.2. The normalized spacial score (nSPS) is 19.2. The molecule has 174 valence electrons. The van der Waals surface area contributed by atoms with Crippen molar-refractivity contribution in [2.24, 2.45) is 0 Å². The largest absolute Gasteiger partial charge is 0.459 e. The van der Waals surface area contributed by atoms with Crippen LogP contribution in [0.25, 0.3) is 11.1 Å². The van der Waals surface area contributed by atoms with Gasteiger partial charge in [-0.25, -0.2) is 13.8 Å². The number of benzene rings is 3. The van der Waals surface area contributed by atoms with Crippen molar-refractivity contribution in [1.29, 1.82) is 0 Å². The van der Waals surface area contributed by atoms with Crippen LogP contribution in [-0.4, -0.2) is 39.8 Å². The Kier molecular flexibility index (Phi) is 6.42. The van der Waals surface area contributed by atoms with Gasteiger partial charge in [-0.1, -0.05) is 78.9 Å². The van der Waals surface area contributed by atoms with Crippen LogP contribution in [0.3, 0.4) is 0 Å². The Balaban J connectivity index is 1.29. The van der Waals surface area contributed by atoms with Crippen LogP contribution >= 0.6 is 0 Å². The summed E-state index contributed by atoms with van der Waals surface area (Å²) in [4.78, 5) is 25.8. The van der Waals surface area contributed by atoms with Crippen LogP contribution in [-0.2, 0) is 36.3 Å². The molecule has 3 aromatic rings. The molecule has 0 aromatic heterocycles. The molecule has 34 heavy (non-hydrogen) atoms. The molecule has 7 nitrogen and oxygen atoms in total. The van der Waals surface area contributed by atoms with Gasteiger partial charge in [0, 0.05) is 12.3 Å². The van der Waals surface area contributed by atoms with E-state index in [1.165, 1.54) is 0 Å². The molecule has 0 spiro atoms. The van der Waals surface area contributed by atoms with Crippen LogP contribution in [0.2, 0.25) is 0 Å². The van der Waals surface area contributed by atoms with Gasteiger partial charge >= 0.3 is 12.1 Å². The summed E-state index contributed by atoms with van der Waals surface area (Å²) in [5.74, 6) is -0.798. The van der Waals surface area contributed by atoms with Gasteiger partial charge in [-0.15, -0.1) is 0 Å². The van der Waals surface area contributed by atoms with Gasteiger partial charge in [-0.3, -0.25) is 4.18 Å². The molecule has 1 aliphatic heterocycles. The highest BCUT2D eigenvalue weighted by Crippen LogP contribution is 2.44. The number of esters is 1. The van der Waals surface area contributed by atoms with E-state index in [2.05, 4.69) is 0 Å². The fourth-order valence-corrected chi connectivity index (χ4v) is 5.32. The van der Waals surface area contributed by atoms with E-state index in [-0.39, 0.29) is 32.2 Å². The minimum Gasteiger partial charge on any atom is -0.459 e. The Morgan fingerprint density at radius 3 is 2.18 bits per heavy atom. The lowest BCUT2D eigenvalue weighted by Gasteiger charge is -2.31. The Morgan fingerprint density at radius 2 is 1.50 bits per heavy atom. The maximum absolute atomic E-state index is 13.0. The summed E-state index contributed by atoms with van der Waals surface area (Å²) in [6, 6.07) is 24.1. The monoisotopic (exact) mass is 477 g/mol. The second kappa shape index (κ2) is 9.79. The smallest absolute Gasteiger partial charge is 0.424 e. The molecular weight excluding hydrogens is 454 g/mol. The van der Waals surface area contributed by atoms with Crippen molar-refractivity contribution in [1.82, 2.24) is 4.31 Å². The molecule has 0 bridgehead atoms. The molecule has 3 aromatic carbocycles. The molecule has 2 atom stereocenters. The van der Waals surface area contributed by atoms with Gasteiger partial charge in [-0.2, -0.15) is 4.31 Å².